The van der Waals surface area contributed by atoms with E-state index in [1.54, 1.807) is 11.1 Å². The highest BCUT2D eigenvalue weighted by Crippen LogP contribution is 2.30. The van der Waals surface area contributed by atoms with E-state index < -0.39 is 0 Å². The highest BCUT2D eigenvalue weighted by Gasteiger charge is 2.21. The molecule has 1 aliphatic carbocycles. The van der Waals surface area contributed by atoms with E-state index in [-0.39, 0.29) is 0 Å². The van der Waals surface area contributed by atoms with Crippen LogP contribution in [0.2, 0.25) is 0 Å². The average molecular weight is 290 g/mol. The lowest BCUT2D eigenvalue weighted by atomic mass is 9.91. The fourth-order valence-corrected chi connectivity index (χ4v) is 3.78. The van der Waals surface area contributed by atoms with Gasteiger partial charge in [-0.3, -0.25) is 0 Å². The zero-order valence-electron chi connectivity index (χ0n) is 13.4. The maximum atomic E-state index is 5.71. The van der Waals surface area contributed by atoms with Crippen LogP contribution in [0.3, 0.4) is 0 Å². The maximum Gasteiger partial charge on any atom is 0.0576 e. The largest absolute Gasteiger partial charge is 0.378 e. The number of hydrogen-bond acceptors (Lipinski definition) is 2. The van der Waals surface area contributed by atoms with E-state index in [0.29, 0.717) is 12.1 Å². The molecule has 3 rings (SSSR count). The number of nitrogens with one attached hydrogen (secondary N) is 1. The first kappa shape index (κ1) is 15.1. The van der Waals surface area contributed by atoms with Crippen molar-refractivity contribution >= 4 is 0 Å². The molecule has 2 heterocycles. The highest BCUT2D eigenvalue weighted by molar-refractivity contribution is 5.30. The van der Waals surface area contributed by atoms with Crippen LogP contribution in [0.4, 0.5) is 0 Å². The summed E-state index contributed by atoms with van der Waals surface area (Å²) in [6.07, 6.45) is 15.4. The Balaban J connectivity index is 1.53. The van der Waals surface area contributed by atoms with Gasteiger partial charge in [0.2, 0.25) is 0 Å². The molecule has 118 valence electrons. The molecule has 0 saturated carbocycles. The Morgan fingerprint density at radius 2 is 2.24 bits per heavy atom. The fraction of sp³-hybridized carbons (Fsp3) is 0.778. The molecule has 2 unspecified atom stereocenters. The number of aromatic nitrogens is 1. The summed E-state index contributed by atoms with van der Waals surface area (Å²) in [4.78, 5) is 0. The summed E-state index contributed by atoms with van der Waals surface area (Å²) in [5.74, 6) is 0. The molecule has 1 aromatic rings. The van der Waals surface area contributed by atoms with E-state index in [2.05, 4.69) is 29.2 Å². The van der Waals surface area contributed by atoms with Crippen molar-refractivity contribution < 1.29 is 4.74 Å². The number of nitrogens with zero attached hydrogens (tertiary/aromatic N) is 1. The molecule has 1 aromatic heterocycles. The van der Waals surface area contributed by atoms with Crippen LogP contribution in [-0.4, -0.2) is 23.8 Å². The molecule has 2 atom stereocenters. The highest BCUT2D eigenvalue weighted by atomic mass is 16.5. The molecule has 0 spiro atoms. The van der Waals surface area contributed by atoms with E-state index in [4.69, 9.17) is 4.74 Å². The van der Waals surface area contributed by atoms with Crippen molar-refractivity contribution in [1.82, 2.24) is 9.88 Å². The third-order valence-corrected chi connectivity index (χ3v) is 4.92. The van der Waals surface area contributed by atoms with Crippen LogP contribution in [0.15, 0.2) is 12.4 Å². The van der Waals surface area contributed by atoms with Gasteiger partial charge < -0.3 is 14.6 Å². The summed E-state index contributed by atoms with van der Waals surface area (Å²) >= 11 is 0. The third-order valence-electron chi connectivity index (χ3n) is 4.92. The number of hydrogen-bond donors (Lipinski definition) is 1. The number of rotatable bonds is 7. The van der Waals surface area contributed by atoms with Crippen LogP contribution in [0.25, 0.3) is 0 Å². The molecule has 0 bridgehead atoms. The summed E-state index contributed by atoms with van der Waals surface area (Å²) in [5, 5.41) is 3.71. The lowest BCUT2D eigenvalue weighted by Gasteiger charge is -2.23. The number of fused-ring (bicyclic) bond motifs is 1. The van der Waals surface area contributed by atoms with E-state index in [0.717, 1.165) is 19.7 Å². The Labute approximate surface area is 129 Å². The minimum absolute atomic E-state index is 0.536. The van der Waals surface area contributed by atoms with Crippen LogP contribution < -0.4 is 5.32 Å². The Kier molecular flexibility index (Phi) is 5.37. The number of ether oxygens (including phenoxy) is 1. The minimum atomic E-state index is 0.536. The summed E-state index contributed by atoms with van der Waals surface area (Å²) in [7, 11) is 0. The topological polar surface area (TPSA) is 26.2 Å². The van der Waals surface area contributed by atoms with E-state index in [1.807, 2.05) is 0 Å². The predicted molar refractivity (Wildman–Crippen MR) is 86.6 cm³/mol. The van der Waals surface area contributed by atoms with Crippen molar-refractivity contribution in [2.75, 3.05) is 13.2 Å². The molecule has 1 N–H and O–H groups in total. The lowest BCUT2D eigenvalue weighted by Crippen LogP contribution is -2.24. The summed E-state index contributed by atoms with van der Waals surface area (Å²) in [6.45, 7) is 5.50. The Morgan fingerprint density at radius 3 is 3.05 bits per heavy atom. The van der Waals surface area contributed by atoms with Gasteiger partial charge in [0.25, 0.3) is 0 Å². The molecule has 0 aromatic carbocycles. The Hall–Kier alpha value is -0.800. The third kappa shape index (κ3) is 3.89. The van der Waals surface area contributed by atoms with Gasteiger partial charge in [0.15, 0.2) is 0 Å². The van der Waals surface area contributed by atoms with Crippen LogP contribution >= 0.6 is 0 Å². The first-order valence-corrected chi connectivity index (χ1v) is 8.90. The summed E-state index contributed by atoms with van der Waals surface area (Å²) in [6, 6.07) is 0.591. The van der Waals surface area contributed by atoms with Gasteiger partial charge in [0.05, 0.1) is 6.10 Å². The zero-order valence-corrected chi connectivity index (χ0v) is 13.4. The van der Waals surface area contributed by atoms with E-state index in [9.17, 15) is 0 Å². The first-order valence-electron chi connectivity index (χ1n) is 8.90. The van der Waals surface area contributed by atoms with Gasteiger partial charge in [-0.2, -0.15) is 0 Å². The molecule has 1 fully saturated rings. The first-order chi connectivity index (χ1) is 10.4. The van der Waals surface area contributed by atoms with Gasteiger partial charge in [-0.15, -0.1) is 0 Å². The average Bonchev–Trinajstić information content (AvgIpc) is 3.14. The summed E-state index contributed by atoms with van der Waals surface area (Å²) < 4.78 is 8.14. The van der Waals surface area contributed by atoms with Crippen molar-refractivity contribution in [2.24, 2.45) is 0 Å². The van der Waals surface area contributed by atoms with Gasteiger partial charge in [-0.25, -0.2) is 0 Å². The minimum Gasteiger partial charge on any atom is -0.378 e. The van der Waals surface area contributed by atoms with Crippen LogP contribution in [0.5, 0.6) is 0 Å². The second-order valence-electron chi connectivity index (χ2n) is 6.65. The molecule has 0 radical (unpaired) electrons. The van der Waals surface area contributed by atoms with Crippen LogP contribution in [-0.2, 0) is 17.7 Å². The molecule has 0 amide bonds. The van der Waals surface area contributed by atoms with Crippen molar-refractivity contribution in [3.63, 3.8) is 0 Å². The van der Waals surface area contributed by atoms with Crippen molar-refractivity contribution in [2.45, 2.75) is 77.0 Å². The number of aryl methyl sites for hydroxylation is 2. The van der Waals surface area contributed by atoms with E-state index in [1.165, 1.54) is 51.4 Å². The van der Waals surface area contributed by atoms with Crippen molar-refractivity contribution in [3.05, 3.63) is 23.5 Å². The normalized spacial score (nSPS) is 25.2. The predicted octanol–water partition coefficient (Wildman–Crippen LogP) is 3.82. The van der Waals surface area contributed by atoms with Gasteiger partial charge in [-0.05, 0) is 69.0 Å². The molecule has 21 heavy (non-hydrogen) atoms. The lowest BCUT2D eigenvalue weighted by molar-refractivity contribution is 0.101. The fourth-order valence-electron chi connectivity index (χ4n) is 3.78. The SMILES string of the molecule is CCCNC1CCCc2cn(CCCC3CCCO3)cc21. The summed E-state index contributed by atoms with van der Waals surface area (Å²) in [5.41, 5.74) is 3.14. The monoisotopic (exact) mass is 290 g/mol. The molecule has 2 aliphatic rings. The molecule has 1 aliphatic heterocycles. The van der Waals surface area contributed by atoms with Gasteiger partial charge >= 0.3 is 0 Å². The Bertz CT molecular complexity index is 434. The quantitative estimate of drug-likeness (QED) is 0.826. The second-order valence-corrected chi connectivity index (χ2v) is 6.65. The van der Waals surface area contributed by atoms with Gasteiger partial charge in [-0.1, -0.05) is 6.92 Å². The second kappa shape index (κ2) is 7.46. The van der Waals surface area contributed by atoms with Crippen LogP contribution in [0.1, 0.15) is 69.0 Å². The molecular weight excluding hydrogens is 260 g/mol. The van der Waals surface area contributed by atoms with Crippen molar-refractivity contribution in [1.29, 1.82) is 0 Å². The standard InChI is InChI=1S/C18H30N2O/c1-2-10-19-18-9-3-6-15-13-20(14-17(15)18)11-4-7-16-8-5-12-21-16/h13-14,16,18-19H,2-12H2,1H3. The molecule has 1 saturated heterocycles. The van der Waals surface area contributed by atoms with Crippen molar-refractivity contribution in [3.8, 4) is 0 Å². The van der Waals surface area contributed by atoms with Gasteiger partial charge in [0.1, 0.15) is 0 Å². The zero-order chi connectivity index (χ0) is 14.5. The van der Waals surface area contributed by atoms with E-state index >= 15 is 0 Å². The Morgan fingerprint density at radius 1 is 1.29 bits per heavy atom. The molecule has 3 heteroatoms. The molecule has 3 nitrogen and oxygen atoms in total. The van der Waals surface area contributed by atoms with Gasteiger partial charge in [0, 0.05) is 31.6 Å². The smallest absolute Gasteiger partial charge is 0.0576 e. The molecular formula is C18H30N2O. The van der Waals surface area contributed by atoms with Crippen LogP contribution in [0, 0.1) is 0 Å². The maximum absolute atomic E-state index is 5.71.